The minimum Gasteiger partial charge on any atom is -0.508 e. The second kappa shape index (κ2) is 11.6. The van der Waals surface area contributed by atoms with Crippen molar-refractivity contribution in [2.24, 2.45) is 0 Å². The number of para-hydroxylation sites is 1. The molecule has 0 aliphatic carbocycles. The molecule has 0 bridgehead atoms. The maximum Gasteiger partial charge on any atom is 0.408 e. The molecule has 3 amide bonds. The van der Waals surface area contributed by atoms with Crippen molar-refractivity contribution in [2.45, 2.75) is 65.3 Å². The normalized spacial score (nSPS) is 12.9. The largest absolute Gasteiger partial charge is 0.508 e. The van der Waals surface area contributed by atoms with Gasteiger partial charge in [0.2, 0.25) is 5.91 Å². The summed E-state index contributed by atoms with van der Waals surface area (Å²) in [6.07, 6.45) is -0.746. The number of amides is 3. The molecule has 0 aromatic heterocycles. The number of nitrogens with one attached hydrogen (secondary N) is 2. The van der Waals surface area contributed by atoms with Crippen LogP contribution in [0.4, 0.5) is 10.5 Å². The molecular formula is C26H35N3O6. The number of nitrogens with zero attached hydrogens (tertiary/aromatic N) is 1. The number of hydrogen-bond acceptors (Lipinski definition) is 6. The molecule has 2 aromatic rings. The van der Waals surface area contributed by atoms with E-state index in [9.17, 15) is 19.5 Å². The van der Waals surface area contributed by atoms with E-state index in [4.69, 9.17) is 9.47 Å². The third kappa shape index (κ3) is 7.63. The number of benzene rings is 2. The van der Waals surface area contributed by atoms with Gasteiger partial charge in [-0.1, -0.05) is 18.2 Å². The van der Waals surface area contributed by atoms with Gasteiger partial charge in [-0.25, -0.2) is 4.79 Å². The van der Waals surface area contributed by atoms with Crippen molar-refractivity contribution in [1.29, 1.82) is 0 Å². The Balaban J connectivity index is 2.40. The molecule has 0 fully saturated rings. The van der Waals surface area contributed by atoms with Crippen LogP contribution in [0.3, 0.4) is 0 Å². The molecule has 35 heavy (non-hydrogen) atoms. The number of phenols is 1. The molecule has 3 N–H and O–H groups in total. The number of rotatable bonds is 8. The van der Waals surface area contributed by atoms with Crippen LogP contribution in [0.25, 0.3) is 0 Å². The average molecular weight is 486 g/mol. The second-order valence-corrected chi connectivity index (χ2v) is 9.39. The lowest BCUT2D eigenvalue weighted by molar-refractivity contribution is -0.142. The van der Waals surface area contributed by atoms with Crippen LogP contribution in [0.5, 0.6) is 11.5 Å². The minimum atomic E-state index is -1.17. The van der Waals surface area contributed by atoms with E-state index in [0.29, 0.717) is 11.4 Å². The fraction of sp³-hybridized carbons (Fsp3) is 0.423. The Morgan fingerprint density at radius 2 is 1.57 bits per heavy atom. The summed E-state index contributed by atoms with van der Waals surface area (Å²) in [6, 6.07) is 10.5. The van der Waals surface area contributed by atoms with Gasteiger partial charge in [0.1, 0.15) is 29.2 Å². The first-order valence-corrected chi connectivity index (χ1v) is 11.4. The fourth-order valence-corrected chi connectivity index (χ4v) is 3.47. The van der Waals surface area contributed by atoms with Gasteiger partial charge in [0.15, 0.2) is 0 Å². The molecule has 9 nitrogen and oxygen atoms in total. The first-order chi connectivity index (χ1) is 16.3. The van der Waals surface area contributed by atoms with Crippen molar-refractivity contribution in [2.75, 3.05) is 12.4 Å². The predicted molar refractivity (Wildman–Crippen MR) is 133 cm³/mol. The maximum absolute atomic E-state index is 13.5. The number of methoxy groups -OCH3 is 1. The Morgan fingerprint density at radius 3 is 2.09 bits per heavy atom. The van der Waals surface area contributed by atoms with Crippen LogP contribution in [-0.2, 0) is 14.3 Å². The van der Waals surface area contributed by atoms with Crippen molar-refractivity contribution in [1.82, 2.24) is 10.2 Å². The lowest BCUT2D eigenvalue weighted by atomic mass is 10.00. The Bertz CT molecular complexity index is 1030. The second-order valence-electron chi connectivity index (χ2n) is 9.39. The predicted octanol–water partition coefficient (Wildman–Crippen LogP) is 4.23. The van der Waals surface area contributed by atoms with Gasteiger partial charge in [0.25, 0.3) is 5.91 Å². The van der Waals surface area contributed by atoms with E-state index in [1.165, 1.54) is 17.9 Å². The molecule has 0 saturated carbocycles. The summed E-state index contributed by atoms with van der Waals surface area (Å²) in [5.41, 5.74) is 0.0126. The molecule has 0 aliphatic heterocycles. The van der Waals surface area contributed by atoms with Gasteiger partial charge in [0.05, 0.1) is 7.11 Å². The molecule has 2 rings (SSSR count). The summed E-state index contributed by atoms with van der Waals surface area (Å²) in [6.45, 7) is 10.2. The summed E-state index contributed by atoms with van der Waals surface area (Å²) in [5, 5.41) is 15.9. The molecular weight excluding hydrogens is 450 g/mol. The van der Waals surface area contributed by atoms with Gasteiger partial charge in [-0.2, -0.15) is 0 Å². The highest BCUT2D eigenvalue weighted by atomic mass is 16.6. The lowest BCUT2D eigenvalue weighted by Crippen LogP contribution is -2.53. The van der Waals surface area contributed by atoms with Crippen LogP contribution < -0.4 is 15.4 Å². The maximum atomic E-state index is 13.5. The number of hydrogen-bond donors (Lipinski definition) is 3. The fourth-order valence-electron chi connectivity index (χ4n) is 3.47. The highest BCUT2D eigenvalue weighted by Crippen LogP contribution is 2.32. The summed E-state index contributed by atoms with van der Waals surface area (Å²) in [7, 11) is 1.54. The monoisotopic (exact) mass is 485 g/mol. The van der Waals surface area contributed by atoms with Crippen molar-refractivity contribution < 1.29 is 29.0 Å². The van der Waals surface area contributed by atoms with Crippen molar-refractivity contribution >= 4 is 23.6 Å². The van der Waals surface area contributed by atoms with Crippen molar-refractivity contribution in [3.63, 3.8) is 0 Å². The van der Waals surface area contributed by atoms with Crippen LogP contribution in [0.15, 0.2) is 48.5 Å². The van der Waals surface area contributed by atoms with E-state index < -0.39 is 41.6 Å². The number of carbonyl (C=O) groups is 3. The van der Waals surface area contributed by atoms with E-state index in [1.807, 2.05) is 0 Å². The van der Waals surface area contributed by atoms with E-state index in [-0.39, 0.29) is 11.3 Å². The summed E-state index contributed by atoms with van der Waals surface area (Å²) < 4.78 is 10.4. The smallest absolute Gasteiger partial charge is 0.408 e. The SMILES string of the molecule is COc1ccc(NC(=O)C(c2ccccc2O)N(C(=O)C(C)NC(=O)OC(C)(C)C)C(C)C)cc1. The first-order valence-electron chi connectivity index (χ1n) is 11.4. The van der Waals surface area contributed by atoms with E-state index >= 15 is 0 Å². The van der Waals surface area contributed by atoms with Gasteiger partial charge >= 0.3 is 6.09 Å². The number of anilines is 1. The van der Waals surface area contributed by atoms with Gasteiger partial charge in [-0.3, -0.25) is 9.59 Å². The zero-order valence-electron chi connectivity index (χ0n) is 21.3. The van der Waals surface area contributed by atoms with Crippen LogP contribution in [-0.4, -0.2) is 52.7 Å². The van der Waals surface area contributed by atoms with Crippen LogP contribution in [0, 0.1) is 0 Å². The van der Waals surface area contributed by atoms with Gasteiger partial charge in [0, 0.05) is 17.3 Å². The van der Waals surface area contributed by atoms with Crippen LogP contribution in [0.2, 0.25) is 0 Å². The molecule has 0 spiro atoms. The quantitative estimate of drug-likeness (QED) is 0.515. The molecule has 2 unspecified atom stereocenters. The van der Waals surface area contributed by atoms with Gasteiger partial charge in [-0.05, 0) is 71.9 Å². The number of ether oxygens (including phenoxy) is 2. The Kier molecular flexibility index (Phi) is 9.11. The van der Waals surface area contributed by atoms with E-state index in [0.717, 1.165) is 0 Å². The molecule has 0 heterocycles. The molecule has 2 atom stereocenters. The number of carbonyl (C=O) groups excluding carboxylic acids is 3. The Hall–Kier alpha value is -3.75. The molecule has 0 radical (unpaired) electrons. The van der Waals surface area contributed by atoms with Crippen LogP contribution in [0.1, 0.15) is 53.1 Å². The zero-order chi connectivity index (χ0) is 26.3. The number of phenolic OH excluding ortho intramolecular Hbond substituents is 1. The Labute approximate surface area is 206 Å². The molecule has 0 saturated heterocycles. The molecule has 190 valence electrons. The minimum absolute atomic E-state index is 0.131. The van der Waals surface area contributed by atoms with Crippen LogP contribution >= 0.6 is 0 Å². The number of aromatic hydroxyl groups is 1. The summed E-state index contributed by atoms with van der Waals surface area (Å²) in [4.78, 5) is 40.7. The molecule has 9 heteroatoms. The molecule has 2 aromatic carbocycles. The Morgan fingerprint density at radius 1 is 0.971 bits per heavy atom. The standard InChI is InChI=1S/C26H35N3O6/c1-16(2)29(24(32)17(3)27-25(33)35-26(4,5)6)22(20-10-8-9-11-21(20)30)23(31)28-18-12-14-19(34-7)15-13-18/h8-17,22,30H,1-7H3,(H,27,33)(H,28,31). The zero-order valence-corrected chi connectivity index (χ0v) is 21.3. The van der Waals surface area contributed by atoms with E-state index in [1.54, 1.807) is 84.2 Å². The highest BCUT2D eigenvalue weighted by molar-refractivity contribution is 5.99. The lowest BCUT2D eigenvalue weighted by Gasteiger charge is -2.36. The van der Waals surface area contributed by atoms with Gasteiger partial charge < -0.3 is 30.1 Å². The molecule has 0 aliphatic rings. The average Bonchev–Trinajstić information content (AvgIpc) is 2.76. The first kappa shape index (κ1) is 27.5. The number of alkyl carbamates (subject to hydrolysis) is 1. The highest BCUT2D eigenvalue weighted by Gasteiger charge is 2.37. The third-order valence-electron chi connectivity index (χ3n) is 5.03. The summed E-state index contributed by atoms with van der Waals surface area (Å²) >= 11 is 0. The third-order valence-corrected chi connectivity index (χ3v) is 5.03. The van der Waals surface area contributed by atoms with Crippen molar-refractivity contribution in [3.05, 3.63) is 54.1 Å². The van der Waals surface area contributed by atoms with Crippen molar-refractivity contribution in [3.8, 4) is 11.5 Å². The van der Waals surface area contributed by atoms with E-state index in [2.05, 4.69) is 10.6 Å². The topological polar surface area (TPSA) is 117 Å². The van der Waals surface area contributed by atoms with Gasteiger partial charge in [-0.15, -0.1) is 0 Å². The summed E-state index contributed by atoms with van der Waals surface area (Å²) in [5.74, 6) is -0.540.